The number of hydrogen-bond acceptors (Lipinski definition) is 3. The van der Waals surface area contributed by atoms with Gasteiger partial charge in [-0.05, 0) is 32.3 Å². The number of hydrogen-bond donors (Lipinski definition) is 1. The topological polar surface area (TPSA) is 38.7 Å². The summed E-state index contributed by atoms with van der Waals surface area (Å²) in [6.07, 6.45) is 2.46. The summed E-state index contributed by atoms with van der Waals surface area (Å²) in [4.78, 5) is 0. The third-order valence-corrected chi connectivity index (χ3v) is 3.10. The molecular formula is C14H20O3. The molecule has 0 aromatic heterocycles. The molecule has 1 fully saturated rings. The molecular weight excluding hydrogens is 216 g/mol. The van der Waals surface area contributed by atoms with Crippen LogP contribution in [-0.2, 0) is 4.74 Å². The van der Waals surface area contributed by atoms with Gasteiger partial charge in [-0.25, -0.2) is 0 Å². The van der Waals surface area contributed by atoms with Gasteiger partial charge in [-0.15, -0.1) is 0 Å². The lowest BCUT2D eigenvalue weighted by atomic mass is 9.97. The summed E-state index contributed by atoms with van der Waals surface area (Å²) < 4.78 is 11.2. The van der Waals surface area contributed by atoms with Gasteiger partial charge in [-0.1, -0.05) is 18.2 Å². The van der Waals surface area contributed by atoms with E-state index < -0.39 is 6.10 Å². The largest absolute Gasteiger partial charge is 0.493 e. The van der Waals surface area contributed by atoms with Crippen LogP contribution in [0.5, 0.6) is 5.75 Å². The molecule has 3 nitrogen and oxygen atoms in total. The lowest BCUT2D eigenvalue weighted by molar-refractivity contribution is -0.0640. The third-order valence-electron chi connectivity index (χ3n) is 3.10. The Morgan fingerprint density at radius 2 is 2.24 bits per heavy atom. The first kappa shape index (κ1) is 12.4. The highest BCUT2D eigenvalue weighted by Crippen LogP contribution is 2.31. The van der Waals surface area contributed by atoms with Crippen molar-refractivity contribution >= 4 is 0 Å². The average molecular weight is 236 g/mol. The van der Waals surface area contributed by atoms with E-state index in [4.69, 9.17) is 9.47 Å². The first-order chi connectivity index (χ1) is 8.33. The van der Waals surface area contributed by atoms with E-state index in [1.54, 1.807) is 0 Å². The number of aliphatic hydroxyl groups excluding tert-OH is 1. The molecule has 1 aliphatic heterocycles. The summed E-state index contributed by atoms with van der Waals surface area (Å²) in [7, 11) is 0. The number of benzene rings is 1. The summed E-state index contributed by atoms with van der Waals surface area (Å²) in [6.45, 7) is 3.30. The predicted molar refractivity (Wildman–Crippen MR) is 66.2 cm³/mol. The van der Waals surface area contributed by atoms with Gasteiger partial charge in [0.25, 0.3) is 0 Å². The van der Waals surface area contributed by atoms with Crippen LogP contribution in [-0.4, -0.2) is 24.4 Å². The lowest BCUT2D eigenvalue weighted by Crippen LogP contribution is -2.26. The lowest BCUT2D eigenvalue weighted by Gasteiger charge is -2.28. The normalized spacial score (nSPS) is 22.1. The molecule has 2 unspecified atom stereocenters. The van der Waals surface area contributed by atoms with Crippen molar-refractivity contribution in [3.8, 4) is 5.75 Å². The Morgan fingerprint density at radius 1 is 1.41 bits per heavy atom. The van der Waals surface area contributed by atoms with Crippen molar-refractivity contribution in [1.29, 1.82) is 0 Å². The van der Waals surface area contributed by atoms with Crippen molar-refractivity contribution in [2.24, 2.45) is 0 Å². The molecule has 2 atom stereocenters. The Hall–Kier alpha value is -1.06. The van der Waals surface area contributed by atoms with Gasteiger partial charge in [0.05, 0.1) is 12.7 Å². The summed E-state index contributed by atoms with van der Waals surface area (Å²) in [5.41, 5.74) is 0.834. The van der Waals surface area contributed by atoms with Crippen LogP contribution in [0.1, 0.15) is 37.9 Å². The Bertz CT molecular complexity index is 345. The van der Waals surface area contributed by atoms with Gasteiger partial charge >= 0.3 is 0 Å². The quantitative estimate of drug-likeness (QED) is 0.873. The summed E-state index contributed by atoms with van der Waals surface area (Å²) in [6, 6.07) is 7.64. The van der Waals surface area contributed by atoms with Crippen molar-refractivity contribution in [1.82, 2.24) is 0 Å². The van der Waals surface area contributed by atoms with Crippen molar-refractivity contribution < 1.29 is 14.6 Å². The van der Waals surface area contributed by atoms with Crippen molar-refractivity contribution in [3.05, 3.63) is 29.8 Å². The number of ether oxygens (including phenoxy) is 2. The molecule has 0 radical (unpaired) electrons. The zero-order chi connectivity index (χ0) is 12.1. The molecule has 94 valence electrons. The Kier molecular flexibility index (Phi) is 4.40. The first-order valence-electron chi connectivity index (χ1n) is 6.34. The average Bonchev–Trinajstić information content (AvgIpc) is 2.40. The summed E-state index contributed by atoms with van der Waals surface area (Å²) >= 11 is 0. The number of aliphatic hydroxyl groups is 1. The monoisotopic (exact) mass is 236 g/mol. The molecule has 0 saturated carbocycles. The summed E-state index contributed by atoms with van der Waals surface area (Å²) in [5, 5.41) is 10.3. The minimum absolute atomic E-state index is 0.0923. The van der Waals surface area contributed by atoms with Crippen LogP contribution in [0.3, 0.4) is 0 Å². The Morgan fingerprint density at radius 3 is 2.94 bits per heavy atom. The maximum absolute atomic E-state index is 10.3. The van der Waals surface area contributed by atoms with Gasteiger partial charge < -0.3 is 14.6 Å². The first-order valence-corrected chi connectivity index (χ1v) is 6.34. The summed E-state index contributed by atoms with van der Waals surface area (Å²) in [5.74, 6) is 0.761. The van der Waals surface area contributed by atoms with Gasteiger partial charge in [0.15, 0.2) is 0 Å². The molecule has 0 spiro atoms. The van der Waals surface area contributed by atoms with Crippen LogP contribution in [0.25, 0.3) is 0 Å². The fraction of sp³-hybridized carbons (Fsp3) is 0.571. The van der Waals surface area contributed by atoms with E-state index in [1.807, 2.05) is 31.2 Å². The highest BCUT2D eigenvalue weighted by Gasteiger charge is 2.26. The fourth-order valence-corrected chi connectivity index (χ4v) is 2.23. The maximum atomic E-state index is 10.3. The molecule has 0 bridgehead atoms. The van der Waals surface area contributed by atoms with Crippen LogP contribution in [0.15, 0.2) is 24.3 Å². The predicted octanol–water partition coefficient (Wildman–Crippen LogP) is 2.69. The standard InChI is InChI=1S/C14H20O3/c1-2-16-12-8-4-3-7-11(12)14(15)13-9-5-6-10-17-13/h3-4,7-8,13-15H,2,5-6,9-10H2,1H3. The van der Waals surface area contributed by atoms with E-state index in [9.17, 15) is 5.11 Å². The van der Waals surface area contributed by atoms with E-state index in [2.05, 4.69) is 0 Å². The van der Waals surface area contributed by atoms with E-state index in [-0.39, 0.29) is 6.10 Å². The minimum atomic E-state index is -0.585. The van der Waals surface area contributed by atoms with Gasteiger partial charge in [0.2, 0.25) is 0 Å². The van der Waals surface area contributed by atoms with Gasteiger partial charge in [-0.2, -0.15) is 0 Å². The molecule has 3 heteroatoms. The second kappa shape index (κ2) is 6.03. The molecule has 1 N–H and O–H groups in total. The van der Waals surface area contributed by atoms with Gasteiger partial charge in [0.1, 0.15) is 11.9 Å². The Balaban J connectivity index is 2.14. The molecule has 0 aliphatic carbocycles. The second-order valence-electron chi connectivity index (χ2n) is 4.32. The molecule has 1 aromatic rings. The molecule has 0 amide bonds. The van der Waals surface area contributed by atoms with E-state index in [0.29, 0.717) is 6.61 Å². The Labute approximate surface area is 102 Å². The van der Waals surface area contributed by atoms with Crippen LogP contribution >= 0.6 is 0 Å². The zero-order valence-electron chi connectivity index (χ0n) is 10.3. The van der Waals surface area contributed by atoms with E-state index in [0.717, 1.165) is 37.2 Å². The van der Waals surface area contributed by atoms with Crippen molar-refractivity contribution in [2.75, 3.05) is 13.2 Å². The highest BCUT2D eigenvalue weighted by atomic mass is 16.5. The zero-order valence-corrected chi connectivity index (χ0v) is 10.3. The molecule has 1 heterocycles. The highest BCUT2D eigenvalue weighted by molar-refractivity contribution is 5.35. The molecule has 1 aliphatic rings. The van der Waals surface area contributed by atoms with Crippen molar-refractivity contribution in [3.63, 3.8) is 0 Å². The van der Waals surface area contributed by atoms with Gasteiger partial charge in [0, 0.05) is 12.2 Å². The molecule has 1 saturated heterocycles. The molecule has 17 heavy (non-hydrogen) atoms. The van der Waals surface area contributed by atoms with E-state index in [1.165, 1.54) is 0 Å². The molecule has 2 rings (SSSR count). The smallest absolute Gasteiger partial charge is 0.125 e. The van der Waals surface area contributed by atoms with Crippen LogP contribution in [0.2, 0.25) is 0 Å². The van der Waals surface area contributed by atoms with Crippen LogP contribution in [0.4, 0.5) is 0 Å². The van der Waals surface area contributed by atoms with Crippen molar-refractivity contribution in [2.45, 2.75) is 38.4 Å². The number of rotatable bonds is 4. The van der Waals surface area contributed by atoms with Crippen LogP contribution in [0, 0.1) is 0 Å². The van der Waals surface area contributed by atoms with E-state index >= 15 is 0 Å². The van der Waals surface area contributed by atoms with Gasteiger partial charge in [-0.3, -0.25) is 0 Å². The minimum Gasteiger partial charge on any atom is -0.493 e. The molecule has 1 aromatic carbocycles. The number of para-hydroxylation sites is 1. The van der Waals surface area contributed by atoms with Crippen LogP contribution < -0.4 is 4.74 Å². The second-order valence-corrected chi connectivity index (χ2v) is 4.32. The maximum Gasteiger partial charge on any atom is 0.125 e. The fourth-order valence-electron chi connectivity index (χ4n) is 2.23. The third kappa shape index (κ3) is 2.99. The SMILES string of the molecule is CCOc1ccccc1C(O)C1CCCCO1.